The van der Waals surface area contributed by atoms with Crippen molar-refractivity contribution in [3.05, 3.63) is 23.9 Å². The predicted octanol–water partition coefficient (Wildman–Crippen LogP) is 0.652. The number of pyridine rings is 1. The van der Waals surface area contributed by atoms with Crippen LogP contribution in [0.5, 0.6) is 0 Å². The van der Waals surface area contributed by atoms with Crippen LogP contribution in [0.2, 0.25) is 0 Å². The maximum atomic E-state index is 12.5. The van der Waals surface area contributed by atoms with E-state index >= 15 is 0 Å². The summed E-state index contributed by atoms with van der Waals surface area (Å²) in [5.41, 5.74) is -0.0378. The molecule has 2 N–H and O–H groups in total. The molecule has 1 amide bonds. The van der Waals surface area contributed by atoms with Gasteiger partial charge in [-0.2, -0.15) is 0 Å². The molecule has 1 saturated heterocycles. The molecule has 1 aromatic heterocycles. The van der Waals surface area contributed by atoms with E-state index in [1.165, 1.54) is 0 Å². The average Bonchev–Trinajstić information content (AvgIpc) is 2.46. The molecule has 0 aromatic carbocycles. The Hall–Kier alpha value is -1.66. The minimum Gasteiger partial charge on any atom is -0.389 e. The molecule has 6 nitrogen and oxygen atoms in total. The molecule has 1 aliphatic rings. The fourth-order valence-electron chi connectivity index (χ4n) is 2.54. The maximum absolute atomic E-state index is 12.5. The number of hydrogen-bond acceptors (Lipinski definition) is 5. The van der Waals surface area contributed by atoms with Crippen LogP contribution < -0.4 is 5.32 Å². The molecule has 2 rings (SSSR count). The third kappa shape index (κ3) is 4.41. The van der Waals surface area contributed by atoms with Crippen molar-refractivity contribution in [1.82, 2.24) is 14.8 Å². The Morgan fingerprint density at radius 1 is 1.38 bits per heavy atom. The van der Waals surface area contributed by atoms with Gasteiger partial charge in [-0.1, -0.05) is 0 Å². The number of piperazine rings is 1. The number of β-amino-alcohol motifs (C(OH)–C–C–N with tert-alkyl or cyclic N) is 1. The molecular weight excluding hydrogens is 268 g/mol. The molecule has 0 saturated carbocycles. The minimum absolute atomic E-state index is 0.0387. The van der Waals surface area contributed by atoms with E-state index in [0.717, 1.165) is 13.1 Å². The van der Waals surface area contributed by atoms with Gasteiger partial charge < -0.3 is 15.3 Å². The largest absolute Gasteiger partial charge is 0.389 e. The first-order chi connectivity index (χ1) is 9.89. The Morgan fingerprint density at radius 2 is 2.05 bits per heavy atom. The smallest absolute Gasteiger partial charge is 0.254 e. The van der Waals surface area contributed by atoms with Crippen molar-refractivity contribution in [2.45, 2.75) is 19.4 Å². The van der Waals surface area contributed by atoms with Gasteiger partial charge in [0.25, 0.3) is 5.91 Å². The van der Waals surface area contributed by atoms with Gasteiger partial charge in [-0.25, -0.2) is 4.98 Å². The van der Waals surface area contributed by atoms with Crippen molar-refractivity contribution < 1.29 is 9.90 Å². The van der Waals surface area contributed by atoms with Gasteiger partial charge in [0.05, 0.1) is 5.60 Å². The Kier molecular flexibility index (Phi) is 4.80. The summed E-state index contributed by atoms with van der Waals surface area (Å²) in [4.78, 5) is 20.6. The molecule has 1 fully saturated rings. The molecule has 0 spiro atoms. The molecule has 21 heavy (non-hydrogen) atoms. The Labute approximate surface area is 125 Å². The SMILES string of the molecule is CNc1cc(C(=O)N2CCN(CC(C)(C)O)CC2)ccn1. The Bertz CT molecular complexity index is 491. The molecule has 0 unspecified atom stereocenters. The molecule has 0 aliphatic carbocycles. The van der Waals surface area contributed by atoms with Crippen LogP contribution in [0.4, 0.5) is 5.82 Å². The summed E-state index contributed by atoms with van der Waals surface area (Å²) in [5.74, 6) is 0.735. The van der Waals surface area contributed by atoms with E-state index in [9.17, 15) is 9.90 Å². The molecule has 1 aliphatic heterocycles. The maximum Gasteiger partial charge on any atom is 0.254 e. The number of nitrogens with one attached hydrogen (secondary N) is 1. The summed E-state index contributed by atoms with van der Waals surface area (Å²) < 4.78 is 0. The number of aromatic nitrogens is 1. The molecular formula is C15H24N4O2. The third-order valence-electron chi connectivity index (χ3n) is 3.53. The van der Waals surface area contributed by atoms with E-state index in [0.29, 0.717) is 31.0 Å². The number of carbonyl (C=O) groups is 1. The van der Waals surface area contributed by atoms with Crippen LogP contribution >= 0.6 is 0 Å². The number of anilines is 1. The lowest BCUT2D eigenvalue weighted by molar-refractivity contribution is 0.0178. The van der Waals surface area contributed by atoms with E-state index in [1.54, 1.807) is 39.2 Å². The van der Waals surface area contributed by atoms with Crippen LogP contribution in [0, 0.1) is 0 Å². The lowest BCUT2D eigenvalue weighted by Crippen LogP contribution is -2.52. The van der Waals surface area contributed by atoms with Crippen molar-refractivity contribution in [1.29, 1.82) is 0 Å². The Balaban J connectivity index is 1.94. The highest BCUT2D eigenvalue weighted by atomic mass is 16.3. The summed E-state index contributed by atoms with van der Waals surface area (Å²) in [6.07, 6.45) is 1.64. The first kappa shape index (κ1) is 15.7. The molecule has 116 valence electrons. The Morgan fingerprint density at radius 3 is 2.62 bits per heavy atom. The van der Waals surface area contributed by atoms with Crippen LogP contribution in [0.15, 0.2) is 18.3 Å². The van der Waals surface area contributed by atoms with Gasteiger partial charge in [0.15, 0.2) is 0 Å². The molecule has 0 bridgehead atoms. The molecule has 2 heterocycles. The highest BCUT2D eigenvalue weighted by molar-refractivity contribution is 5.94. The van der Waals surface area contributed by atoms with Gasteiger partial charge in [-0.15, -0.1) is 0 Å². The van der Waals surface area contributed by atoms with Gasteiger partial charge in [-0.05, 0) is 26.0 Å². The van der Waals surface area contributed by atoms with Gasteiger partial charge in [-0.3, -0.25) is 9.69 Å². The fourth-order valence-corrected chi connectivity index (χ4v) is 2.54. The van der Waals surface area contributed by atoms with Crippen molar-refractivity contribution in [3.8, 4) is 0 Å². The van der Waals surface area contributed by atoms with Gasteiger partial charge in [0.2, 0.25) is 0 Å². The number of hydrogen-bond donors (Lipinski definition) is 2. The quantitative estimate of drug-likeness (QED) is 0.853. The molecule has 0 radical (unpaired) electrons. The van der Waals surface area contributed by atoms with Gasteiger partial charge >= 0.3 is 0 Å². The van der Waals surface area contributed by atoms with E-state index in [2.05, 4.69) is 15.2 Å². The van der Waals surface area contributed by atoms with Gasteiger partial charge in [0, 0.05) is 51.5 Å². The number of amides is 1. The zero-order valence-electron chi connectivity index (χ0n) is 13.0. The summed E-state index contributed by atoms with van der Waals surface area (Å²) in [6.45, 7) is 7.20. The highest BCUT2D eigenvalue weighted by Gasteiger charge is 2.25. The number of carbonyl (C=O) groups excluding carboxylic acids is 1. The lowest BCUT2D eigenvalue weighted by Gasteiger charge is -2.37. The standard InChI is InChI=1S/C15H24N4O2/c1-15(2,21)11-18-6-8-19(9-7-18)14(20)12-4-5-17-13(10-12)16-3/h4-5,10,21H,6-9,11H2,1-3H3,(H,16,17). The zero-order valence-corrected chi connectivity index (χ0v) is 13.0. The highest BCUT2D eigenvalue weighted by Crippen LogP contribution is 2.13. The minimum atomic E-state index is -0.695. The zero-order chi connectivity index (χ0) is 15.5. The second-order valence-corrected chi connectivity index (χ2v) is 6.06. The summed E-state index contributed by atoms with van der Waals surface area (Å²) in [5, 5.41) is 12.8. The second kappa shape index (κ2) is 6.41. The predicted molar refractivity (Wildman–Crippen MR) is 82.4 cm³/mol. The van der Waals surface area contributed by atoms with Gasteiger partial charge in [0.1, 0.15) is 5.82 Å². The van der Waals surface area contributed by atoms with E-state index < -0.39 is 5.60 Å². The van der Waals surface area contributed by atoms with E-state index in [-0.39, 0.29) is 5.91 Å². The van der Waals surface area contributed by atoms with Crippen molar-refractivity contribution in [2.75, 3.05) is 45.1 Å². The van der Waals surface area contributed by atoms with Crippen LogP contribution in [-0.4, -0.2) is 71.2 Å². The van der Waals surface area contributed by atoms with E-state index in [4.69, 9.17) is 0 Å². The average molecular weight is 292 g/mol. The fraction of sp³-hybridized carbons (Fsp3) is 0.600. The molecule has 0 atom stereocenters. The topological polar surface area (TPSA) is 68.7 Å². The van der Waals surface area contributed by atoms with Crippen LogP contribution in [0.25, 0.3) is 0 Å². The first-order valence-corrected chi connectivity index (χ1v) is 7.27. The second-order valence-electron chi connectivity index (χ2n) is 6.06. The van der Waals surface area contributed by atoms with Crippen LogP contribution in [-0.2, 0) is 0 Å². The summed E-state index contributed by atoms with van der Waals surface area (Å²) in [6, 6.07) is 3.51. The third-order valence-corrected chi connectivity index (χ3v) is 3.53. The van der Waals surface area contributed by atoms with E-state index in [1.807, 2.05) is 4.90 Å². The molecule has 1 aromatic rings. The number of nitrogens with zero attached hydrogens (tertiary/aromatic N) is 3. The van der Waals surface area contributed by atoms with Crippen molar-refractivity contribution in [3.63, 3.8) is 0 Å². The first-order valence-electron chi connectivity index (χ1n) is 7.27. The lowest BCUT2D eigenvalue weighted by atomic mass is 10.1. The van der Waals surface area contributed by atoms with Crippen LogP contribution in [0.1, 0.15) is 24.2 Å². The summed E-state index contributed by atoms with van der Waals surface area (Å²) >= 11 is 0. The normalized spacial score (nSPS) is 16.9. The van der Waals surface area contributed by atoms with Crippen LogP contribution in [0.3, 0.4) is 0 Å². The number of aliphatic hydroxyl groups is 1. The number of rotatable bonds is 4. The molecule has 6 heteroatoms. The van der Waals surface area contributed by atoms with Crippen molar-refractivity contribution >= 4 is 11.7 Å². The monoisotopic (exact) mass is 292 g/mol. The summed E-state index contributed by atoms with van der Waals surface area (Å²) in [7, 11) is 1.78. The van der Waals surface area contributed by atoms with Crippen molar-refractivity contribution in [2.24, 2.45) is 0 Å².